The van der Waals surface area contributed by atoms with Crippen molar-refractivity contribution in [1.82, 2.24) is 0 Å². The van der Waals surface area contributed by atoms with E-state index in [2.05, 4.69) is 13.0 Å². The highest BCUT2D eigenvalue weighted by atomic mass is 16.3. The molecule has 0 saturated heterocycles. The molecule has 0 aromatic carbocycles. The number of carbonyl (C=O) groups is 1. The summed E-state index contributed by atoms with van der Waals surface area (Å²) in [4.78, 5) is 11.1. The second-order valence-corrected chi connectivity index (χ2v) is 4.34. The Morgan fingerprint density at radius 2 is 2.43 bits per heavy atom. The van der Waals surface area contributed by atoms with Crippen LogP contribution in [0.25, 0.3) is 0 Å². The molecule has 0 fully saturated rings. The molecule has 2 aliphatic carbocycles. The second kappa shape index (κ2) is 3.35. The minimum atomic E-state index is -0.0112. The number of aliphatic hydroxyl groups is 1. The first-order valence-corrected chi connectivity index (χ1v) is 5.19. The van der Waals surface area contributed by atoms with Crippen LogP contribution >= 0.6 is 0 Å². The number of ketones is 1. The van der Waals surface area contributed by atoms with Gasteiger partial charge in [-0.15, -0.1) is 0 Å². The van der Waals surface area contributed by atoms with Gasteiger partial charge in [-0.3, -0.25) is 4.79 Å². The third-order valence-electron chi connectivity index (χ3n) is 3.74. The lowest BCUT2D eigenvalue weighted by Crippen LogP contribution is -2.31. The first-order chi connectivity index (χ1) is 6.69. The van der Waals surface area contributed by atoms with Gasteiger partial charge in [-0.1, -0.05) is 17.7 Å². The van der Waals surface area contributed by atoms with Crippen molar-refractivity contribution in [3.63, 3.8) is 0 Å². The van der Waals surface area contributed by atoms with Crippen LogP contribution in [0.1, 0.15) is 26.2 Å². The van der Waals surface area contributed by atoms with Gasteiger partial charge in [0.2, 0.25) is 0 Å². The third kappa shape index (κ3) is 1.25. The van der Waals surface area contributed by atoms with Crippen molar-refractivity contribution < 1.29 is 9.90 Å². The summed E-state index contributed by atoms with van der Waals surface area (Å²) < 4.78 is 0. The monoisotopic (exact) mass is 192 g/mol. The largest absolute Gasteiger partial charge is 0.396 e. The van der Waals surface area contributed by atoms with Gasteiger partial charge in [0.25, 0.3) is 0 Å². The van der Waals surface area contributed by atoms with Gasteiger partial charge in [0, 0.05) is 18.4 Å². The molecule has 0 saturated carbocycles. The van der Waals surface area contributed by atoms with Gasteiger partial charge in [-0.05, 0) is 31.8 Å². The Bertz CT molecular complexity index is 314. The van der Waals surface area contributed by atoms with Crippen LogP contribution in [-0.2, 0) is 4.79 Å². The first kappa shape index (κ1) is 9.66. The molecule has 0 bridgehead atoms. The van der Waals surface area contributed by atoms with Crippen LogP contribution in [0.4, 0.5) is 0 Å². The van der Waals surface area contributed by atoms with E-state index in [4.69, 9.17) is 0 Å². The molecule has 2 atom stereocenters. The molecular formula is C12H16O2. The average molecular weight is 192 g/mol. The normalized spacial score (nSPS) is 36.6. The number of carbonyl (C=O) groups excluding carboxylic acids is 1. The van der Waals surface area contributed by atoms with Crippen LogP contribution in [0.3, 0.4) is 0 Å². The standard InChI is InChI=1S/C12H16O2/c1-9-2-3-10(8-13)12(9)6-4-11(14)5-7-12/h2,4,6,10,13H,3,5,7-8H2,1H3. The van der Waals surface area contributed by atoms with Gasteiger partial charge < -0.3 is 5.11 Å². The van der Waals surface area contributed by atoms with Crippen LogP contribution in [0.15, 0.2) is 23.8 Å². The van der Waals surface area contributed by atoms with Crippen molar-refractivity contribution in [3.8, 4) is 0 Å². The molecular weight excluding hydrogens is 176 g/mol. The van der Waals surface area contributed by atoms with Crippen LogP contribution in [0.2, 0.25) is 0 Å². The maximum atomic E-state index is 11.1. The lowest BCUT2D eigenvalue weighted by molar-refractivity contribution is -0.115. The van der Waals surface area contributed by atoms with Crippen LogP contribution in [0.5, 0.6) is 0 Å². The fourth-order valence-electron chi connectivity index (χ4n) is 2.69. The van der Waals surface area contributed by atoms with E-state index in [9.17, 15) is 9.90 Å². The van der Waals surface area contributed by atoms with Gasteiger partial charge in [-0.25, -0.2) is 0 Å². The molecule has 1 spiro atoms. The van der Waals surface area contributed by atoms with Crippen molar-refractivity contribution in [1.29, 1.82) is 0 Å². The van der Waals surface area contributed by atoms with Crippen LogP contribution < -0.4 is 0 Å². The minimum absolute atomic E-state index is 0.0112. The summed E-state index contributed by atoms with van der Waals surface area (Å²) in [5.41, 5.74) is 1.31. The summed E-state index contributed by atoms with van der Waals surface area (Å²) in [6, 6.07) is 0. The zero-order valence-corrected chi connectivity index (χ0v) is 8.49. The Hall–Kier alpha value is -0.890. The van der Waals surface area contributed by atoms with E-state index in [-0.39, 0.29) is 23.7 Å². The lowest BCUT2D eigenvalue weighted by atomic mass is 9.68. The Kier molecular flexibility index (Phi) is 2.31. The Morgan fingerprint density at radius 1 is 1.64 bits per heavy atom. The quantitative estimate of drug-likeness (QED) is 0.644. The molecule has 0 radical (unpaired) electrons. The molecule has 14 heavy (non-hydrogen) atoms. The molecule has 2 rings (SSSR count). The van der Waals surface area contributed by atoms with Crippen molar-refractivity contribution in [2.75, 3.05) is 6.61 Å². The zero-order valence-electron chi connectivity index (χ0n) is 8.49. The summed E-state index contributed by atoms with van der Waals surface area (Å²) in [5, 5.41) is 9.32. The number of rotatable bonds is 1. The molecule has 0 aliphatic heterocycles. The topological polar surface area (TPSA) is 37.3 Å². The van der Waals surface area contributed by atoms with E-state index < -0.39 is 0 Å². The lowest BCUT2D eigenvalue weighted by Gasteiger charge is -2.36. The minimum Gasteiger partial charge on any atom is -0.396 e. The van der Waals surface area contributed by atoms with Gasteiger partial charge in [0.05, 0.1) is 0 Å². The summed E-state index contributed by atoms with van der Waals surface area (Å²) in [6.45, 7) is 2.32. The molecule has 76 valence electrons. The van der Waals surface area contributed by atoms with Crippen LogP contribution in [-0.4, -0.2) is 17.5 Å². The molecule has 2 unspecified atom stereocenters. The van der Waals surface area contributed by atoms with E-state index in [1.807, 2.05) is 6.08 Å². The molecule has 2 heteroatoms. The SMILES string of the molecule is CC1=CCC(CO)C12C=CC(=O)CC2. The van der Waals surface area contributed by atoms with Crippen LogP contribution in [0, 0.1) is 11.3 Å². The number of allylic oxidation sites excluding steroid dienone is 4. The van der Waals surface area contributed by atoms with Crippen molar-refractivity contribution in [2.24, 2.45) is 11.3 Å². The second-order valence-electron chi connectivity index (χ2n) is 4.34. The van der Waals surface area contributed by atoms with Crippen molar-refractivity contribution in [3.05, 3.63) is 23.8 Å². The van der Waals surface area contributed by atoms with E-state index in [1.54, 1.807) is 6.08 Å². The van der Waals surface area contributed by atoms with E-state index in [0.717, 1.165) is 12.8 Å². The summed E-state index contributed by atoms with van der Waals surface area (Å²) in [7, 11) is 0. The van der Waals surface area contributed by atoms with Gasteiger partial charge in [0.1, 0.15) is 0 Å². The number of hydrogen-bond donors (Lipinski definition) is 1. The first-order valence-electron chi connectivity index (χ1n) is 5.19. The maximum absolute atomic E-state index is 11.1. The fraction of sp³-hybridized carbons (Fsp3) is 0.583. The molecule has 0 amide bonds. The predicted octanol–water partition coefficient (Wildman–Crippen LogP) is 1.85. The van der Waals surface area contributed by atoms with Crippen molar-refractivity contribution >= 4 is 5.78 Å². The maximum Gasteiger partial charge on any atom is 0.155 e. The molecule has 2 aliphatic rings. The van der Waals surface area contributed by atoms with Gasteiger partial charge >= 0.3 is 0 Å². The summed E-state index contributed by atoms with van der Waals surface area (Å²) in [5.74, 6) is 0.499. The summed E-state index contributed by atoms with van der Waals surface area (Å²) in [6.07, 6.45) is 8.34. The smallest absolute Gasteiger partial charge is 0.155 e. The van der Waals surface area contributed by atoms with Gasteiger partial charge in [0.15, 0.2) is 5.78 Å². The Labute approximate surface area is 84.3 Å². The Balaban J connectivity index is 2.33. The Morgan fingerprint density at radius 3 is 3.00 bits per heavy atom. The number of hydrogen-bond acceptors (Lipinski definition) is 2. The molecule has 0 aromatic heterocycles. The fourth-order valence-corrected chi connectivity index (χ4v) is 2.69. The highest BCUT2D eigenvalue weighted by Gasteiger charge is 2.42. The predicted molar refractivity (Wildman–Crippen MR) is 54.8 cm³/mol. The molecule has 0 heterocycles. The van der Waals surface area contributed by atoms with E-state index in [1.165, 1.54) is 5.57 Å². The molecule has 2 nitrogen and oxygen atoms in total. The van der Waals surface area contributed by atoms with Crippen molar-refractivity contribution in [2.45, 2.75) is 26.2 Å². The highest BCUT2D eigenvalue weighted by Crippen LogP contribution is 2.49. The zero-order chi connectivity index (χ0) is 10.2. The highest BCUT2D eigenvalue weighted by molar-refractivity contribution is 5.90. The van der Waals surface area contributed by atoms with Gasteiger partial charge in [-0.2, -0.15) is 0 Å². The average Bonchev–Trinajstić information content (AvgIpc) is 2.49. The molecule has 1 N–H and O–H groups in total. The van der Waals surface area contributed by atoms with E-state index in [0.29, 0.717) is 6.42 Å². The summed E-state index contributed by atoms with van der Waals surface area (Å²) >= 11 is 0. The van der Waals surface area contributed by atoms with E-state index >= 15 is 0 Å². The third-order valence-corrected chi connectivity index (χ3v) is 3.74. The molecule has 0 aromatic rings. The number of aliphatic hydroxyl groups excluding tert-OH is 1.